The van der Waals surface area contributed by atoms with Crippen molar-refractivity contribution in [2.24, 2.45) is 5.73 Å². The first kappa shape index (κ1) is 19.3. The zero-order valence-corrected chi connectivity index (χ0v) is 15.1. The Bertz CT molecular complexity index is 750. The van der Waals surface area contributed by atoms with Gasteiger partial charge in [0.25, 0.3) is 11.6 Å². The molecule has 2 heterocycles. The van der Waals surface area contributed by atoms with Gasteiger partial charge in [-0.05, 0) is 31.4 Å². The van der Waals surface area contributed by atoms with Gasteiger partial charge in [0.2, 0.25) is 0 Å². The molecular weight excluding hydrogens is 364 g/mol. The Morgan fingerprint density at radius 1 is 1.36 bits per heavy atom. The van der Waals surface area contributed by atoms with E-state index in [0.717, 1.165) is 24.8 Å². The first-order valence-electron chi connectivity index (χ1n) is 7.81. The number of rotatable bonds is 4. The van der Waals surface area contributed by atoms with Crippen molar-refractivity contribution in [2.75, 3.05) is 13.1 Å². The first-order chi connectivity index (χ1) is 11.6. The third-order valence-electron chi connectivity index (χ3n) is 4.21. The number of nitrogens with two attached hydrogens (primary N) is 1. The number of non-ortho nitro benzene ring substituents is 1. The molecule has 1 aromatic heterocycles. The van der Waals surface area contributed by atoms with Crippen molar-refractivity contribution < 1.29 is 9.72 Å². The second-order valence-corrected chi connectivity index (χ2v) is 6.58. The van der Waals surface area contributed by atoms with Crippen molar-refractivity contribution in [1.29, 1.82) is 0 Å². The molecule has 0 radical (unpaired) electrons. The molecule has 3 rings (SSSR count). The average molecular weight is 383 g/mol. The fourth-order valence-corrected chi connectivity index (χ4v) is 3.69. The quantitative estimate of drug-likeness (QED) is 0.646. The summed E-state index contributed by atoms with van der Waals surface area (Å²) in [6, 6.07) is 6.25. The van der Waals surface area contributed by atoms with Gasteiger partial charge in [-0.2, -0.15) is 0 Å². The van der Waals surface area contributed by atoms with Gasteiger partial charge in [0.1, 0.15) is 10.7 Å². The van der Waals surface area contributed by atoms with Gasteiger partial charge in [0.15, 0.2) is 0 Å². The number of hydrogen-bond donors (Lipinski definition) is 1. The van der Waals surface area contributed by atoms with E-state index in [9.17, 15) is 14.9 Å². The summed E-state index contributed by atoms with van der Waals surface area (Å²) in [5, 5.41) is 13.1. The highest BCUT2D eigenvalue weighted by Crippen LogP contribution is 2.27. The van der Waals surface area contributed by atoms with Crippen LogP contribution in [0.2, 0.25) is 0 Å². The maximum absolute atomic E-state index is 12.7. The molecule has 0 saturated carbocycles. The van der Waals surface area contributed by atoms with Gasteiger partial charge >= 0.3 is 0 Å². The van der Waals surface area contributed by atoms with Crippen molar-refractivity contribution >= 4 is 35.3 Å². The van der Waals surface area contributed by atoms with Crippen LogP contribution in [0, 0.1) is 10.1 Å². The molecule has 1 amide bonds. The summed E-state index contributed by atoms with van der Waals surface area (Å²) in [5.41, 5.74) is 6.98. The minimum Gasteiger partial charge on any atom is -0.333 e. The predicted octanol–water partition coefficient (Wildman–Crippen LogP) is 3.09. The molecular formula is C16H19ClN4O3S. The van der Waals surface area contributed by atoms with Crippen molar-refractivity contribution in [2.45, 2.75) is 25.3 Å². The summed E-state index contributed by atoms with van der Waals surface area (Å²) in [7, 11) is 0. The summed E-state index contributed by atoms with van der Waals surface area (Å²) in [4.78, 5) is 29.2. The average Bonchev–Trinajstić information content (AvgIpc) is 3.11. The van der Waals surface area contributed by atoms with Crippen LogP contribution in [0.25, 0.3) is 10.6 Å². The summed E-state index contributed by atoms with van der Waals surface area (Å²) in [6.45, 7) is 1.18. The zero-order valence-electron chi connectivity index (χ0n) is 13.5. The number of nitro benzene ring substituents is 1. The maximum atomic E-state index is 12.7. The van der Waals surface area contributed by atoms with E-state index in [2.05, 4.69) is 4.98 Å². The lowest BCUT2D eigenvalue weighted by Gasteiger charge is -2.34. The number of aromatic nitrogens is 1. The molecule has 134 valence electrons. The van der Waals surface area contributed by atoms with Crippen molar-refractivity contribution in [3.63, 3.8) is 0 Å². The van der Waals surface area contributed by atoms with Crippen LogP contribution in [0.15, 0.2) is 29.6 Å². The molecule has 0 bridgehead atoms. The van der Waals surface area contributed by atoms with Gasteiger partial charge in [-0.3, -0.25) is 14.9 Å². The van der Waals surface area contributed by atoms with Gasteiger partial charge in [-0.15, -0.1) is 23.7 Å². The molecule has 1 unspecified atom stereocenters. The van der Waals surface area contributed by atoms with Gasteiger partial charge in [-0.1, -0.05) is 0 Å². The van der Waals surface area contributed by atoms with E-state index < -0.39 is 4.92 Å². The van der Waals surface area contributed by atoms with Gasteiger partial charge < -0.3 is 10.6 Å². The Labute approximate surface area is 155 Å². The fraction of sp³-hybridized carbons (Fsp3) is 0.375. The minimum absolute atomic E-state index is 0. The van der Waals surface area contributed by atoms with Gasteiger partial charge in [0, 0.05) is 42.2 Å². The molecule has 1 atom stereocenters. The third-order valence-corrected chi connectivity index (χ3v) is 5.10. The van der Waals surface area contributed by atoms with E-state index in [0.29, 0.717) is 23.8 Å². The number of thiazole rings is 1. The Hall–Kier alpha value is -2.03. The SMILES string of the molecule is Cl.NCC1CCCCN1C(=O)c1csc(-c2ccc([N+](=O)[O-])cc2)n1. The summed E-state index contributed by atoms with van der Waals surface area (Å²) in [6.07, 6.45) is 3.01. The maximum Gasteiger partial charge on any atom is 0.273 e. The molecule has 1 aliphatic heterocycles. The molecule has 1 aliphatic rings. The second kappa shape index (κ2) is 8.37. The van der Waals surface area contributed by atoms with Crippen LogP contribution in [0.1, 0.15) is 29.8 Å². The number of nitrogens with zero attached hydrogens (tertiary/aromatic N) is 3. The molecule has 1 aromatic carbocycles. The molecule has 1 saturated heterocycles. The molecule has 0 spiro atoms. The van der Waals surface area contributed by atoms with Crippen LogP contribution < -0.4 is 5.73 Å². The lowest BCUT2D eigenvalue weighted by atomic mass is 10.0. The zero-order chi connectivity index (χ0) is 17.1. The number of piperidine rings is 1. The number of carbonyl (C=O) groups is 1. The lowest BCUT2D eigenvalue weighted by Crippen LogP contribution is -2.47. The molecule has 0 aliphatic carbocycles. The first-order valence-corrected chi connectivity index (χ1v) is 8.69. The summed E-state index contributed by atoms with van der Waals surface area (Å²) in [5.74, 6) is -0.0884. The Balaban J connectivity index is 0.00000225. The molecule has 25 heavy (non-hydrogen) atoms. The summed E-state index contributed by atoms with van der Waals surface area (Å²) < 4.78 is 0. The standard InChI is InChI=1S/C16H18N4O3S.ClH/c17-9-13-3-1-2-8-19(13)16(21)14-10-24-15(18-14)11-4-6-12(7-5-11)20(22)23;/h4-7,10,13H,1-3,8-9,17H2;1H. The topological polar surface area (TPSA) is 102 Å². The molecule has 2 aromatic rings. The van der Waals surface area contributed by atoms with Crippen LogP contribution in [0.4, 0.5) is 5.69 Å². The number of nitro groups is 1. The number of likely N-dealkylation sites (tertiary alicyclic amines) is 1. The predicted molar refractivity (Wildman–Crippen MR) is 99.2 cm³/mol. The van der Waals surface area contributed by atoms with E-state index in [1.165, 1.54) is 23.5 Å². The number of hydrogen-bond acceptors (Lipinski definition) is 6. The van der Waals surface area contributed by atoms with Crippen molar-refractivity contribution in [1.82, 2.24) is 9.88 Å². The Morgan fingerprint density at radius 3 is 2.72 bits per heavy atom. The van der Waals surface area contributed by atoms with Crippen molar-refractivity contribution in [3.8, 4) is 10.6 Å². The molecule has 2 N–H and O–H groups in total. The third kappa shape index (κ3) is 4.15. The number of benzene rings is 1. The van der Waals surface area contributed by atoms with Crippen LogP contribution in [0.3, 0.4) is 0 Å². The van der Waals surface area contributed by atoms with Gasteiger partial charge in [-0.25, -0.2) is 4.98 Å². The number of carbonyl (C=O) groups excluding carboxylic acids is 1. The molecule has 1 fully saturated rings. The van der Waals surface area contributed by atoms with Crippen LogP contribution >= 0.6 is 23.7 Å². The van der Waals surface area contributed by atoms with E-state index in [1.54, 1.807) is 17.5 Å². The fourth-order valence-electron chi connectivity index (χ4n) is 2.89. The normalized spacial score (nSPS) is 17.0. The van der Waals surface area contributed by atoms with Crippen LogP contribution in [0.5, 0.6) is 0 Å². The largest absolute Gasteiger partial charge is 0.333 e. The van der Waals surface area contributed by atoms with Crippen LogP contribution in [-0.4, -0.2) is 39.8 Å². The number of amides is 1. The highest BCUT2D eigenvalue weighted by atomic mass is 35.5. The van der Waals surface area contributed by atoms with E-state index in [4.69, 9.17) is 5.73 Å². The monoisotopic (exact) mass is 382 g/mol. The Morgan fingerprint density at radius 2 is 2.08 bits per heavy atom. The number of halogens is 1. The summed E-state index contributed by atoms with van der Waals surface area (Å²) >= 11 is 1.36. The second-order valence-electron chi connectivity index (χ2n) is 5.73. The Kier molecular flexibility index (Phi) is 6.46. The molecule has 7 nitrogen and oxygen atoms in total. The highest BCUT2D eigenvalue weighted by Gasteiger charge is 2.27. The smallest absolute Gasteiger partial charge is 0.273 e. The van der Waals surface area contributed by atoms with E-state index in [1.807, 2.05) is 4.90 Å². The van der Waals surface area contributed by atoms with Crippen molar-refractivity contribution in [3.05, 3.63) is 45.5 Å². The van der Waals surface area contributed by atoms with E-state index >= 15 is 0 Å². The lowest BCUT2D eigenvalue weighted by molar-refractivity contribution is -0.384. The minimum atomic E-state index is -0.441. The molecule has 9 heteroatoms. The van der Waals surface area contributed by atoms with Crippen LogP contribution in [-0.2, 0) is 0 Å². The van der Waals surface area contributed by atoms with Gasteiger partial charge in [0.05, 0.1) is 4.92 Å². The van der Waals surface area contributed by atoms with E-state index in [-0.39, 0.29) is 30.0 Å². The highest BCUT2D eigenvalue weighted by molar-refractivity contribution is 7.13.